The largest absolute Gasteiger partial charge is 0.383 e. The second-order valence-corrected chi connectivity index (χ2v) is 7.33. The second-order valence-electron chi connectivity index (χ2n) is 7.33. The van der Waals surface area contributed by atoms with Gasteiger partial charge in [0, 0.05) is 19.2 Å². The SMILES string of the molecule is COCCN(C(=O)c1ccc(C)cc1C)c1c(N)n(Cc2ccccc2)c(=O)[nH]c1=O. The van der Waals surface area contributed by atoms with E-state index in [0.29, 0.717) is 5.56 Å². The molecule has 0 bridgehead atoms. The number of benzene rings is 2. The van der Waals surface area contributed by atoms with Crippen LogP contribution in [-0.4, -0.2) is 35.7 Å². The molecule has 0 saturated carbocycles. The van der Waals surface area contributed by atoms with Gasteiger partial charge in [0.1, 0.15) is 5.82 Å². The Balaban J connectivity index is 2.12. The van der Waals surface area contributed by atoms with E-state index >= 15 is 0 Å². The fraction of sp³-hybridized carbons (Fsp3) is 0.261. The van der Waals surface area contributed by atoms with Gasteiger partial charge < -0.3 is 10.5 Å². The number of hydrogen-bond donors (Lipinski definition) is 2. The first-order valence-corrected chi connectivity index (χ1v) is 9.88. The molecular formula is C23H26N4O4. The lowest BCUT2D eigenvalue weighted by molar-refractivity contribution is 0.0975. The van der Waals surface area contributed by atoms with Crippen LogP contribution >= 0.6 is 0 Å². The maximum atomic E-state index is 13.4. The average Bonchev–Trinajstić information content (AvgIpc) is 2.73. The molecule has 1 heterocycles. The third-order valence-corrected chi connectivity index (χ3v) is 5.04. The number of nitrogens with zero attached hydrogens (tertiary/aromatic N) is 2. The number of anilines is 2. The normalized spacial score (nSPS) is 10.8. The van der Waals surface area contributed by atoms with E-state index in [4.69, 9.17) is 10.5 Å². The smallest absolute Gasteiger partial charge is 0.330 e. The quantitative estimate of drug-likeness (QED) is 0.606. The summed E-state index contributed by atoms with van der Waals surface area (Å²) in [6.07, 6.45) is 0. The van der Waals surface area contributed by atoms with Crippen LogP contribution in [0.25, 0.3) is 0 Å². The minimum Gasteiger partial charge on any atom is -0.383 e. The standard InChI is InChI=1S/C23H26N4O4/c1-15-9-10-18(16(2)13-15)22(29)26(11-12-31-3)19-20(24)27(23(30)25-21(19)28)14-17-7-5-4-6-8-17/h4-10,13H,11-12,14,24H2,1-3H3,(H,25,28,30). The van der Waals surface area contributed by atoms with Crippen LogP contribution in [0.1, 0.15) is 27.0 Å². The van der Waals surface area contributed by atoms with Crippen molar-refractivity contribution in [2.24, 2.45) is 0 Å². The summed E-state index contributed by atoms with van der Waals surface area (Å²) in [7, 11) is 1.50. The van der Waals surface area contributed by atoms with Crippen molar-refractivity contribution in [1.29, 1.82) is 0 Å². The zero-order valence-electron chi connectivity index (χ0n) is 17.8. The molecule has 1 aromatic heterocycles. The molecule has 1 amide bonds. The molecule has 0 saturated heterocycles. The number of aromatic nitrogens is 2. The van der Waals surface area contributed by atoms with Crippen molar-refractivity contribution in [3.8, 4) is 0 Å². The van der Waals surface area contributed by atoms with Crippen LogP contribution < -0.4 is 21.9 Å². The lowest BCUT2D eigenvalue weighted by Crippen LogP contribution is -2.42. The number of aryl methyl sites for hydroxylation is 2. The highest BCUT2D eigenvalue weighted by molar-refractivity contribution is 6.08. The van der Waals surface area contributed by atoms with E-state index in [1.54, 1.807) is 6.07 Å². The Morgan fingerprint density at radius 2 is 1.84 bits per heavy atom. The number of ether oxygens (including phenoxy) is 1. The van der Waals surface area contributed by atoms with Crippen LogP contribution in [-0.2, 0) is 11.3 Å². The van der Waals surface area contributed by atoms with Crippen molar-refractivity contribution >= 4 is 17.4 Å². The Hall–Kier alpha value is -3.65. The molecule has 0 aliphatic rings. The van der Waals surface area contributed by atoms with Crippen molar-refractivity contribution in [3.63, 3.8) is 0 Å². The van der Waals surface area contributed by atoms with Crippen molar-refractivity contribution in [2.75, 3.05) is 30.9 Å². The molecule has 0 atom stereocenters. The first-order valence-electron chi connectivity index (χ1n) is 9.88. The highest BCUT2D eigenvalue weighted by Crippen LogP contribution is 2.22. The number of methoxy groups -OCH3 is 1. The minimum absolute atomic E-state index is 0.0717. The molecule has 0 fully saturated rings. The molecule has 0 aliphatic heterocycles. The Bertz CT molecular complexity index is 1200. The Labute approximate surface area is 179 Å². The topological polar surface area (TPSA) is 110 Å². The van der Waals surface area contributed by atoms with E-state index in [2.05, 4.69) is 4.98 Å². The third kappa shape index (κ3) is 4.75. The molecule has 162 valence electrons. The fourth-order valence-electron chi connectivity index (χ4n) is 3.46. The van der Waals surface area contributed by atoms with Crippen LogP contribution in [0.3, 0.4) is 0 Å². The van der Waals surface area contributed by atoms with Gasteiger partial charge in [0.2, 0.25) is 0 Å². The Morgan fingerprint density at radius 1 is 1.13 bits per heavy atom. The van der Waals surface area contributed by atoms with E-state index in [1.807, 2.05) is 56.3 Å². The molecule has 0 unspecified atom stereocenters. The average molecular weight is 422 g/mol. The number of hydrogen-bond acceptors (Lipinski definition) is 5. The zero-order chi connectivity index (χ0) is 22.5. The van der Waals surface area contributed by atoms with E-state index in [9.17, 15) is 14.4 Å². The lowest BCUT2D eigenvalue weighted by Gasteiger charge is -2.25. The van der Waals surface area contributed by atoms with Gasteiger partial charge in [-0.15, -0.1) is 0 Å². The summed E-state index contributed by atoms with van der Waals surface area (Å²) in [6, 6.07) is 14.7. The van der Waals surface area contributed by atoms with E-state index in [1.165, 1.54) is 16.6 Å². The van der Waals surface area contributed by atoms with Crippen LogP contribution in [0.5, 0.6) is 0 Å². The number of aromatic amines is 1. The molecular weight excluding hydrogens is 396 g/mol. The predicted octanol–water partition coefficient (Wildman–Crippen LogP) is 2.08. The first-order chi connectivity index (χ1) is 14.8. The maximum absolute atomic E-state index is 13.4. The summed E-state index contributed by atoms with van der Waals surface area (Å²) in [4.78, 5) is 42.2. The Morgan fingerprint density at radius 3 is 2.48 bits per heavy atom. The van der Waals surface area contributed by atoms with Gasteiger partial charge in [-0.25, -0.2) is 4.79 Å². The molecule has 0 aliphatic carbocycles. The zero-order valence-corrected chi connectivity index (χ0v) is 17.8. The van der Waals surface area contributed by atoms with Gasteiger partial charge in [-0.1, -0.05) is 48.0 Å². The van der Waals surface area contributed by atoms with Gasteiger partial charge in [-0.3, -0.25) is 24.0 Å². The summed E-state index contributed by atoms with van der Waals surface area (Å²) in [5.41, 5.74) is 7.94. The number of amides is 1. The fourth-order valence-corrected chi connectivity index (χ4v) is 3.46. The number of nitrogens with two attached hydrogens (primary N) is 1. The molecule has 8 nitrogen and oxygen atoms in total. The monoisotopic (exact) mass is 422 g/mol. The number of nitrogens with one attached hydrogen (secondary N) is 1. The van der Waals surface area contributed by atoms with Crippen LogP contribution in [0.4, 0.5) is 11.5 Å². The van der Waals surface area contributed by atoms with E-state index in [-0.39, 0.29) is 31.2 Å². The molecule has 3 aromatic rings. The molecule has 2 aromatic carbocycles. The molecule has 3 N–H and O–H groups in total. The maximum Gasteiger partial charge on any atom is 0.330 e. The Kier molecular flexibility index (Phi) is 6.71. The lowest BCUT2D eigenvalue weighted by atomic mass is 10.0. The number of rotatable bonds is 7. The van der Waals surface area contributed by atoms with Crippen molar-refractivity contribution in [1.82, 2.24) is 9.55 Å². The summed E-state index contributed by atoms with van der Waals surface area (Å²) in [5.74, 6) is -0.469. The highest BCUT2D eigenvalue weighted by Gasteiger charge is 2.26. The molecule has 0 radical (unpaired) electrons. The van der Waals surface area contributed by atoms with Crippen LogP contribution in [0.2, 0.25) is 0 Å². The summed E-state index contributed by atoms with van der Waals surface area (Å²) >= 11 is 0. The van der Waals surface area contributed by atoms with Crippen LogP contribution in [0, 0.1) is 13.8 Å². The van der Waals surface area contributed by atoms with Gasteiger partial charge >= 0.3 is 5.69 Å². The number of nitrogen functional groups attached to an aromatic ring is 1. The van der Waals surface area contributed by atoms with Gasteiger partial charge in [0.15, 0.2) is 5.69 Å². The van der Waals surface area contributed by atoms with Gasteiger partial charge in [-0.2, -0.15) is 0 Å². The predicted molar refractivity (Wildman–Crippen MR) is 121 cm³/mol. The highest BCUT2D eigenvalue weighted by atomic mass is 16.5. The molecule has 0 spiro atoms. The minimum atomic E-state index is -0.721. The molecule has 3 rings (SSSR count). The van der Waals surface area contributed by atoms with Crippen molar-refractivity contribution < 1.29 is 9.53 Å². The second kappa shape index (κ2) is 9.44. The van der Waals surface area contributed by atoms with E-state index < -0.39 is 17.2 Å². The summed E-state index contributed by atoms with van der Waals surface area (Å²) < 4.78 is 6.39. The first kappa shape index (κ1) is 22.0. The van der Waals surface area contributed by atoms with Crippen molar-refractivity contribution in [3.05, 3.63) is 91.6 Å². The number of carbonyl (C=O) groups is 1. The molecule has 31 heavy (non-hydrogen) atoms. The molecule has 8 heteroatoms. The number of carbonyl (C=O) groups excluding carboxylic acids is 1. The van der Waals surface area contributed by atoms with Gasteiger partial charge in [0.25, 0.3) is 11.5 Å². The summed E-state index contributed by atoms with van der Waals surface area (Å²) in [5, 5.41) is 0. The van der Waals surface area contributed by atoms with Crippen molar-refractivity contribution in [2.45, 2.75) is 20.4 Å². The summed E-state index contributed by atoms with van der Waals surface area (Å²) in [6.45, 7) is 4.21. The third-order valence-electron chi connectivity index (χ3n) is 5.04. The van der Waals surface area contributed by atoms with Gasteiger partial charge in [-0.05, 0) is 31.0 Å². The number of H-pyrrole nitrogens is 1. The van der Waals surface area contributed by atoms with Crippen LogP contribution in [0.15, 0.2) is 58.1 Å². The van der Waals surface area contributed by atoms with E-state index in [0.717, 1.165) is 16.7 Å². The van der Waals surface area contributed by atoms with Gasteiger partial charge in [0.05, 0.1) is 13.2 Å².